The summed E-state index contributed by atoms with van der Waals surface area (Å²) >= 11 is 0. The summed E-state index contributed by atoms with van der Waals surface area (Å²) in [5, 5.41) is 0. The van der Waals surface area contributed by atoms with Gasteiger partial charge in [0.15, 0.2) is 0 Å². The summed E-state index contributed by atoms with van der Waals surface area (Å²) in [6, 6.07) is 1.87. The quantitative estimate of drug-likeness (QED) is 0.842. The molecule has 0 saturated carbocycles. The van der Waals surface area contributed by atoms with E-state index in [1.807, 2.05) is 30.7 Å². The fourth-order valence-corrected chi connectivity index (χ4v) is 1.79. The van der Waals surface area contributed by atoms with Crippen molar-refractivity contribution in [2.24, 2.45) is 0 Å². The molecule has 1 aliphatic heterocycles. The lowest BCUT2D eigenvalue weighted by atomic mass is 10.4. The number of hydrogen-bond acceptors (Lipinski definition) is 5. The SMILES string of the molecule is C.CC.c1cn(-c2ccnc(N3CCOCC3)n2)cn1. The predicted molar refractivity (Wildman–Crippen MR) is 80.3 cm³/mol. The van der Waals surface area contributed by atoms with Crippen LogP contribution in [-0.4, -0.2) is 45.8 Å². The maximum absolute atomic E-state index is 5.31. The van der Waals surface area contributed by atoms with Gasteiger partial charge in [0.25, 0.3) is 0 Å². The van der Waals surface area contributed by atoms with Gasteiger partial charge in [-0.2, -0.15) is 4.98 Å². The number of nitrogens with zero attached hydrogens (tertiary/aromatic N) is 5. The van der Waals surface area contributed by atoms with E-state index in [0.29, 0.717) is 0 Å². The Hall–Kier alpha value is -1.95. The highest BCUT2D eigenvalue weighted by Gasteiger charge is 2.14. The van der Waals surface area contributed by atoms with Gasteiger partial charge in [-0.3, -0.25) is 4.57 Å². The zero-order valence-electron chi connectivity index (χ0n) is 11.4. The van der Waals surface area contributed by atoms with Crippen molar-refractivity contribution in [3.8, 4) is 5.82 Å². The van der Waals surface area contributed by atoms with E-state index in [9.17, 15) is 0 Å². The van der Waals surface area contributed by atoms with Crippen molar-refractivity contribution in [3.63, 3.8) is 0 Å². The normalized spacial score (nSPS) is 14.0. The third-order valence-electron chi connectivity index (χ3n) is 2.69. The van der Waals surface area contributed by atoms with Gasteiger partial charge in [-0.1, -0.05) is 21.3 Å². The molecule has 0 radical (unpaired) electrons. The van der Waals surface area contributed by atoms with Crippen LogP contribution < -0.4 is 4.90 Å². The molecule has 0 bridgehead atoms. The maximum Gasteiger partial charge on any atom is 0.227 e. The first kappa shape index (κ1) is 16.1. The molecule has 3 rings (SSSR count). The highest BCUT2D eigenvalue weighted by atomic mass is 16.5. The van der Waals surface area contributed by atoms with E-state index in [1.165, 1.54) is 0 Å². The zero-order chi connectivity index (χ0) is 13.5. The molecule has 1 saturated heterocycles. The standard InChI is InChI=1S/C11H13N5O.C2H6.CH4/c1-2-13-11(15-5-7-17-8-6-15)14-10(1)16-4-3-12-9-16;1-2;/h1-4,9H,5-8H2;1-2H3;1H4. The first-order chi connectivity index (χ1) is 9.43. The summed E-state index contributed by atoms with van der Waals surface area (Å²) in [5.74, 6) is 1.58. The second-order valence-corrected chi connectivity index (χ2v) is 3.78. The summed E-state index contributed by atoms with van der Waals surface area (Å²) in [6.07, 6.45) is 7.10. The molecule has 110 valence electrons. The molecule has 6 heteroatoms. The Bertz CT molecular complexity index is 480. The molecule has 20 heavy (non-hydrogen) atoms. The third kappa shape index (κ3) is 3.77. The van der Waals surface area contributed by atoms with Gasteiger partial charge in [0.05, 0.1) is 13.2 Å². The van der Waals surface area contributed by atoms with Crippen LogP contribution in [0.1, 0.15) is 21.3 Å². The molecule has 0 amide bonds. The first-order valence-corrected chi connectivity index (χ1v) is 6.57. The number of imidazole rings is 1. The molecule has 6 nitrogen and oxygen atoms in total. The minimum Gasteiger partial charge on any atom is -0.378 e. The topological polar surface area (TPSA) is 56.1 Å². The van der Waals surface area contributed by atoms with Gasteiger partial charge >= 0.3 is 0 Å². The van der Waals surface area contributed by atoms with Crippen LogP contribution in [0.2, 0.25) is 0 Å². The Kier molecular flexibility index (Phi) is 6.66. The molecule has 0 spiro atoms. The van der Waals surface area contributed by atoms with Crippen LogP contribution in [0.25, 0.3) is 5.82 Å². The summed E-state index contributed by atoms with van der Waals surface area (Å²) in [5.41, 5.74) is 0. The van der Waals surface area contributed by atoms with Gasteiger partial charge in [-0.15, -0.1) is 0 Å². The van der Waals surface area contributed by atoms with Crippen molar-refractivity contribution < 1.29 is 4.74 Å². The average Bonchev–Trinajstić information content (AvgIpc) is 3.05. The number of rotatable bonds is 2. The van der Waals surface area contributed by atoms with Crippen LogP contribution in [0.4, 0.5) is 5.95 Å². The average molecular weight is 277 g/mol. The van der Waals surface area contributed by atoms with E-state index in [1.54, 1.807) is 18.7 Å². The Labute approximate surface area is 120 Å². The fraction of sp³-hybridized carbons (Fsp3) is 0.500. The largest absolute Gasteiger partial charge is 0.378 e. The summed E-state index contributed by atoms with van der Waals surface area (Å²) in [4.78, 5) is 15.0. The Morgan fingerprint density at radius 3 is 2.55 bits per heavy atom. The van der Waals surface area contributed by atoms with Crippen molar-refractivity contribution in [1.82, 2.24) is 19.5 Å². The lowest BCUT2D eigenvalue weighted by Gasteiger charge is -2.26. The van der Waals surface area contributed by atoms with E-state index >= 15 is 0 Å². The van der Waals surface area contributed by atoms with E-state index in [0.717, 1.165) is 38.1 Å². The van der Waals surface area contributed by atoms with Crippen LogP contribution >= 0.6 is 0 Å². The number of anilines is 1. The summed E-state index contributed by atoms with van der Waals surface area (Å²) in [6.45, 7) is 7.15. The molecule has 2 aromatic rings. The van der Waals surface area contributed by atoms with Crippen molar-refractivity contribution in [1.29, 1.82) is 0 Å². The molecule has 3 heterocycles. The van der Waals surface area contributed by atoms with Gasteiger partial charge in [0.2, 0.25) is 5.95 Å². The van der Waals surface area contributed by atoms with E-state index < -0.39 is 0 Å². The first-order valence-electron chi connectivity index (χ1n) is 6.57. The van der Waals surface area contributed by atoms with Crippen LogP contribution in [0, 0.1) is 0 Å². The van der Waals surface area contributed by atoms with Crippen molar-refractivity contribution in [2.75, 3.05) is 31.2 Å². The smallest absolute Gasteiger partial charge is 0.227 e. The number of hydrogen-bond donors (Lipinski definition) is 0. The van der Waals surface area contributed by atoms with Gasteiger partial charge in [0, 0.05) is 31.7 Å². The molecule has 0 atom stereocenters. The number of ether oxygens (including phenoxy) is 1. The molecule has 0 aromatic carbocycles. The lowest BCUT2D eigenvalue weighted by Crippen LogP contribution is -2.37. The minimum absolute atomic E-state index is 0. The highest BCUT2D eigenvalue weighted by molar-refractivity contribution is 5.35. The molecule has 1 fully saturated rings. The van der Waals surface area contributed by atoms with E-state index in [2.05, 4.69) is 19.9 Å². The molecule has 0 aliphatic carbocycles. The van der Waals surface area contributed by atoms with E-state index in [-0.39, 0.29) is 7.43 Å². The maximum atomic E-state index is 5.31. The van der Waals surface area contributed by atoms with Crippen LogP contribution in [-0.2, 0) is 4.74 Å². The molecular formula is C14H23N5O. The van der Waals surface area contributed by atoms with Gasteiger partial charge in [-0.05, 0) is 6.07 Å². The number of aromatic nitrogens is 4. The minimum atomic E-state index is 0. The van der Waals surface area contributed by atoms with E-state index in [4.69, 9.17) is 4.74 Å². The van der Waals surface area contributed by atoms with Gasteiger partial charge < -0.3 is 9.64 Å². The van der Waals surface area contributed by atoms with Crippen LogP contribution in [0.3, 0.4) is 0 Å². The molecule has 0 unspecified atom stereocenters. The van der Waals surface area contributed by atoms with Gasteiger partial charge in [-0.25, -0.2) is 9.97 Å². The second kappa shape index (κ2) is 8.27. The molecule has 1 aliphatic rings. The Balaban J connectivity index is 0.000000639. The molecule has 2 aromatic heterocycles. The number of morpholine rings is 1. The fourth-order valence-electron chi connectivity index (χ4n) is 1.79. The monoisotopic (exact) mass is 277 g/mol. The highest BCUT2D eigenvalue weighted by Crippen LogP contribution is 2.11. The molecular weight excluding hydrogens is 254 g/mol. The van der Waals surface area contributed by atoms with Crippen LogP contribution in [0.15, 0.2) is 31.0 Å². The predicted octanol–water partition coefficient (Wildman–Crippen LogP) is 2.16. The lowest BCUT2D eigenvalue weighted by molar-refractivity contribution is 0.122. The Morgan fingerprint density at radius 1 is 1.15 bits per heavy atom. The van der Waals surface area contributed by atoms with Gasteiger partial charge in [0.1, 0.15) is 12.1 Å². The summed E-state index contributed by atoms with van der Waals surface area (Å²) < 4.78 is 7.18. The van der Waals surface area contributed by atoms with Crippen molar-refractivity contribution in [3.05, 3.63) is 31.0 Å². The Morgan fingerprint density at radius 2 is 1.90 bits per heavy atom. The van der Waals surface area contributed by atoms with Crippen LogP contribution in [0.5, 0.6) is 0 Å². The van der Waals surface area contributed by atoms with Crippen molar-refractivity contribution in [2.45, 2.75) is 21.3 Å². The third-order valence-corrected chi connectivity index (χ3v) is 2.69. The second-order valence-electron chi connectivity index (χ2n) is 3.78. The van der Waals surface area contributed by atoms with Crippen molar-refractivity contribution >= 4 is 5.95 Å². The zero-order valence-corrected chi connectivity index (χ0v) is 11.4. The summed E-state index contributed by atoms with van der Waals surface area (Å²) in [7, 11) is 0. The molecule has 0 N–H and O–H groups in total.